The van der Waals surface area contributed by atoms with Gasteiger partial charge in [0.1, 0.15) is 5.82 Å². The second kappa shape index (κ2) is 4.96. The van der Waals surface area contributed by atoms with E-state index in [0.717, 1.165) is 31.7 Å². The Bertz CT molecular complexity index is 355. The molecule has 0 spiro atoms. The van der Waals surface area contributed by atoms with E-state index in [1.165, 1.54) is 6.42 Å². The summed E-state index contributed by atoms with van der Waals surface area (Å²) >= 11 is 0. The molecular formula is C12H17N3O. The number of carbonyl (C=O) groups is 1. The number of likely N-dealkylation sites (tertiary alicyclic amines) is 1. The summed E-state index contributed by atoms with van der Waals surface area (Å²) in [7, 11) is 1.81. The number of aromatic nitrogens is 1. The van der Waals surface area contributed by atoms with Crippen molar-refractivity contribution in [3.8, 4) is 0 Å². The maximum absolute atomic E-state index is 12.1. The molecule has 2 rings (SSSR count). The van der Waals surface area contributed by atoms with Crippen molar-refractivity contribution in [3.63, 3.8) is 0 Å². The quantitative estimate of drug-likeness (QED) is 0.824. The monoisotopic (exact) mass is 219 g/mol. The first-order valence-corrected chi connectivity index (χ1v) is 5.74. The summed E-state index contributed by atoms with van der Waals surface area (Å²) in [6, 6.07) is 3.66. The molecule has 1 aromatic heterocycles. The topological polar surface area (TPSA) is 45.2 Å². The number of nitrogens with zero attached hydrogens (tertiary/aromatic N) is 2. The van der Waals surface area contributed by atoms with Gasteiger partial charge in [-0.05, 0) is 31.4 Å². The molecule has 0 saturated carbocycles. The fourth-order valence-electron chi connectivity index (χ4n) is 1.95. The number of hydrogen-bond donors (Lipinski definition) is 1. The second-order valence-corrected chi connectivity index (χ2v) is 4.03. The molecule has 16 heavy (non-hydrogen) atoms. The van der Waals surface area contributed by atoms with Crippen LogP contribution in [0.3, 0.4) is 0 Å². The molecule has 1 fully saturated rings. The van der Waals surface area contributed by atoms with Gasteiger partial charge in [0.25, 0.3) is 5.91 Å². The first-order chi connectivity index (χ1) is 7.81. The van der Waals surface area contributed by atoms with Crippen LogP contribution < -0.4 is 5.32 Å². The molecule has 0 bridgehead atoms. The largest absolute Gasteiger partial charge is 0.373 e. The molecular weight excluding hydrogens is 202 g/mol. The lowest BCUT2D eigenvalue weighted by molar-refractivity contribution is 0.0724. The van der Waals surface area contributed by atoms with Crippen molar-refractivity contribution in [2.45, 2.75) is 19.3 Å². The van der Waals surface area contributed by atoms with Crippen LogP contribution in [0.2, 0.25) is 0 Å². The van der Waals surface area contributed by atoms with Crippen molar-refractivity contribution in [1.29, 1.82) is 0 Å². The molecule has 2 heterocycles. The Labute approximate surface area is 95.7 Å². The number of pyridine rings is 1. The molecule has 1 aromatic rings. The minimum absolute atomic E-state index is 0.106. The zero-order valence-electron chi connectivity index (χ0n) is 9.57. The van der Waals surface area contributed by atoms with E-state index in [1.54, 1.807) is 6.20 Å². The Balaban J connectivity index is 2.07. The van der Waals surface area contributed by atoms with E-state index >= 15 is 0 Å². The fourth-order valence-corrected chi connectivity index (χ4v) is 1.95. The summed E-state index contributed by atoms with van der Waals surface area (Å²) in [5.74, 6) is 0.894. The van der Waals surface area contributed by atoms with Gasteiger partial charge in [0.2, 0.25) is 0 Å². The summed E-state index contributed by atoms with van der Waals surface area (Å²) in [5.41, 5.74) is 0.681. The highest BCUT2D eigenvalue weighted by molar-refractivity contribution is 5.94. The van der Waals surface area contributed by atoms with E-state index in [2.05, 4.69) is 10.3 Å². The van der Waals surface area contributed by atoms with Crippen molar-refractivity contribution in [3.05, 3.63) is 23.9 Å². The van der Waals surface area contributed by atoms with Crippen LogP contribution in [0.15, 0.2) is 18.3 Å². The van der Waals surface area contributed by atoms with Crippen molar-refractivity contribution in [2.24, 2.45) is 0 Å². The van der Waals surface area contributed by atoms with Crippen LogP contribution in [0.1, 0.15) is 29.6 Å². The number of amides is 1. The molecule has 1 N–H and O–H groups in total. The lowest BCUT2D eigenvalue weighted by Gasteiger charge is -2.26. The fraction of sp³-hybridized carbons (Fsp3) is 0.500. The number of piperidine rings is 1. The van der Waals surface area contributed by atoms with Crippen LogP contribution in [0.25, 0.3) is 0 Å². The summed E-state index contributed by atoms with van der Waals surface area (Å²) in [5, 5.41) is 2.94. The molecule has 0 radical (unpaired) electrons. The Hall–Kier alpha value is -1.58. The number of anilines is 1. The maximum Gasteiger partial charge on any atom is 0.255 e. The Morgan fingerprint density at radius 1 is 1.31 bits per heavy atom. The Kier molecular flexibility index (Phi) is 3.39. The van der Waals surface area contributed by atoms with Gasteiger partial charge >= 0.3 is 0 Å². The Morgan fingerprint density at radius 2 is 2.06 bits per heavy atom. The van der Waals surface area contributed by atoms with Crippen molar-refractivity contribution >= 4 is 11.7 Å². The van der Waals surface area contributed by atoms with Gasteiger partial charge in [0, 0.05) is 26.3 Å². The van der Waals surface area contributed by atoms with E-state index < -0.39 is 0 Å². The van der Waals surface area contributed by atoms with Gasteiger partial charge in [-0.3, -0.25) is 4.79 Å². The third kappa shape index (κ3) is 2.32. The van der Waals surface area contributed by atoms with E-state index in [4.69, 9.17) is 0 Å². The third-order valence-electron chi connectivity index (χ3n) is 2.91. The normalized spacial score (nSPS) is 15.9. The van der Waals surface area contributed by atoms with E-state index in [9.17, 15) is 4.79 Å². The van der Waals surface area contributed by atoms with Crippen LogP contribution in [-0.4, -0.2) is 35.9 Å². The minimum Gasteiger partial charge on any atom is -0.373 e. The zero-order valence-corrected chi connectivity index (χ0v) is 9.57. The van der Waals surface area contributed by atoms with Crippen molar-refractivity contribution in [1.82, 2.24) is 9.88 Å². The van der Waals surface area contributed by atoms with Gasteiger partial charge in [0.05, 0.1) is 5.56 Å². The number of rotatable bonds is 2. The zero-order chi connectivity index (χ0) is 11.4. The molecule has 0 aromatic carbocycles. The number of hydrogen-bond acceptors (Lipinski definition) is 3. The van der Waals surface area contributed by atoms with E-state index in [-0.39, 0.29) is 5.91 Å². The molecule has 1 amide bonds. The average molecular weight is 219 g/mol. The first kappa shape index (κ1) is 10.9. The van der Waals surface area contributed by atoms with Gasteiger partial charge in [-0.2, -0.15) is 0 Å². The van der Waals surface area contributed by atoms with Gasteiger partial charge in [-0.25, -0.2) is 4.98 Å². The van der Waals surface area contributed by atoms with E-state index in [1.807, 2.05) is 24.1 Å². The molecule has 4 heteroatoms. The number of carbonyl (C=O) groups excluding carboxylic acids is 1. The van der Waals surface area contributed by atoms with Crippen molar-refractivity contribution < 1.29 is 4.79 Å². The summed E-state index contributed by atoms with van der Waals surface area (Å²) in [4.78, 5) is 18.1. The molecule has 1 saturated heterocycles. The first-order valence-electron chi connectivity index (χ1n) is 5.74. The summed E-state index contributed by atoms with van der Waals surface area (Å²) in [6.07, 6.45) is 5.12. The highest BCUT2D eigenvalue weighted by Crippen LogP contribution is 2.13. The molecule has 1 aliphatic heterocycles. The molecule has 4 nitrogen and oxygen atoms in total. The SMILES string of the molecule is CNc1ccc(C(=O)N2CCCCC2)cn1. The average Bonchev–Trinajstić information content (AvgIpc) is 2.39. The van der Waals surface area contributed by atoms with Crippen LogP contribution >= 0.6 is 0 Å². The smallest absolute Gasteiger partial charge is 0.255 e. The predicted molar refractivity (Wildman–Crippen MR) is 63.5 cm³/mol. The van der Waals surface area contributed by atoms with Crippen molar-refractivity contribution in [2.75, 3.05) is 25.5 Å². The van der Waals surface area contributed by atoms with Crippen LogP contribution in [0.5, 0.6) is 0 Å². The molecule has 0 atom stereocenters. The third-order valence-corrected chi connectivity index (χ3v) is 2.91. The van der Waals surface area contributed by atoms with E-state index in [0.29, 0.717) is 5.56 Å². The highest BCUT2D eigenvalue weighted by Gasteiger charge is 2.17. The molecule has 0 aliphatic carbocycles. The lowest BCUT2D eigenvalue weighted by Crippen LogP contribution is -2.35. The maximum atomic E-state index is 12.1. The van der Waals surface area contributed by atoms with Gasteiger partial charge < -0.3 is 10.2 Å². The summed E-state index contributed by atoms with van der Waals surface area (Å²) in [6.45, 7) is 1.76. The molecule has 86 valence electrons. The van der Waals surface area contributed by atoms with Crippen LogP contribution in [-0.2, 0) is 0 Å². The number of nitrogens with one attached hydrogen (secondary N) is 1. The lowest BCUT2D eigenvalue weighted by atomic mass is 10.1. The van der Waals surface area contributed by atoms with Gasteiger partial charge in [-0.1, -0.05) is 0 Å². The van der Waals surface area contributed by atoms with Crippen LogP contribution in [0.4, 0.5) is 5.82 Å². The standard InChI is InChI=1S/C12H17N3O/c1-13-11-6-5-10(9-14-11)12(16)15-7-3-2-4-8-15/h5-6,9H,2-4,7-8H2,1H3,(H,13,14). The summed E-state index contributed by atoms with van der Waals surface area (Å²) < 4.78 is 0. The second-order valence-electron chi connectivity index (χ2n) is 4.03. The molecule has 1 aliphatic rings. The van der Waals surface area contributed by atoms with Crippen LogP contribution in [0, 0.1) is 0 Å². The van der Waals surface area contributed by atoms with Gasteiger partial charge in [0.15, 0.2) is 0 Å². The minimum atomic E-state index is 0.106. The van der Waals surface area contributed by atoms with Gasteiger partial charge in [-0.15, -0.1) is 0 Å². The Morgan fingerprint density at radius 3 is 2.62 bits per heavy atom. The highest BCUT2D eigenvalue weighted by atomic mass is 16.2. The predicted octanol–water partition coefficient (Wildman–Crippen LogP) is 1.75. The molecule has 0 unspecified atom stereocenters.